The highest BCUT2D eigenvalue weighted by atomic mass is 16.3. The van der Waals surface area contributed by atoms with E-state index in [0.717, 1.165) is 12.3 Å². The predicted octanol–water partition coefficient (Wildman–Crippen LogP) is 2.34. The van der Waals surface area contributed by atoms with E-state index in [4.69, 9.17) is 0 Å². The Morgan fingerprint density at radius 2 is 1.82 bits per heavy atom. The molecule has 1 unspecified atom stereocenters. The fourth-order valence-electron chi connectivity index (χ4n) is 3.22. The average molecular weight is 154 g/mol. The molecular weight excluding hydrogens is 136 g/mol. The van der Waals surface area contributed by atoms with Crippen molar-refractivity contribution in [2.45, 2.75) is 51.6 Å². The zero-order chi connectivity index (χ0) is 7.90. The molecule has 0 heterocycles. The Morgan fingerprint density at radius 3 is 2.18 bits per heavy atom. The minimum absolute atomic E-state index is 0.0278. The molecule has 2 fully saturated rings. The number of hydrogen-bond acceptors (Lipinski definition) is 1. The first-order valence-corrected chi connectivity index (χ1v) is 4.94. The normalized spacial score (nSPS) is 50.7. The van der Waals surface area contributed by atoms with E-state index in [0.29, 0.717) is 5.41 Å². The van der Waals surface area contributed by atoms with Crippen LogP contribution in [0.4, 0.5) is 0 Å². The lowest BCUT2D eigenvalue weighted by atomic mass is 9.76. The largest absolute Gasteiger partial charge is 0.393 e. The summed E-state index contributed by atoms with van der Waals surface area (Å²) >= 11 is 0. The van der Waals surface area contributed by atoms with Gasteiger partial charge in [0, 0.05) is 0 Å². The van der Waals surface area contributed by atoms with E-state index in [1.165, 1.54) is 32.1 Å². The Morgan fingerprint density at radius 1 is 1.18 bits per heavy atom. The van der Waals surface area contributed by atoms with E-state index in [1.54, 1.807) is 0 Å². The van der Waals surface area contributed by atoms with Crippen LogP contribution in [-0.2, 0) is 0 Å². The molecule has 0 amide bonds. The lowest BCUT2D eigenvalue weighted by Crippen LogP contribution is -2.32. The van der Waals surface area contributed by atoms with Crippen molar-refractivity contribution in [3.63, 3.8) is 0 Å². The summed E-state index contributed by atoms with van der Waals surface area (Å²) in [5.74, 6) is 0.778. The van der Waals surface area contributed by atoms with E-state index in [1.807, 2.05) is 0 Å². The van der Waals surface area contributed by atoms with Crippen molar-refractivity contribution < 1.29 is 5.11 Å². The Hall–Kier alpha value is -0.0400. The molecule has 0 radical (unpaired) electrons. The van der Waals surface area contributed by atoms with Crippen LogP contribution in [-0.4, -0.2) is 11.2 Å². The Balaban J connectivity index is 2.19. The van der Waals surface area contributed by atoms with Gasteiger partial charge in [0.2, 0.25) is 0 Å². The summed E-state index contributed by atoms with van der Waals surface area (Å²) in [6.45, 7) is 2.32. The molecule has 0 aromatic heterocycles. The molecule has 0 aliphatic heterocycles. The van der Waals surface area contributed by atoms with Crippen molar-refractivity contribution in [3.05, 3.63) is 0 Å². The maximum absolute atomic E-state index is 9.85. The van der Waals surface area contributed by atoms with Gasteiger partial charge in [0.1, 0.15) is 0 Å². The molecule has 2 aliphatic carbocycles. The van der Waals surface area contributed by atoms with Gasteiger partial charge in [0.05, 0.1) is 6.10 Å². The zero-order valence-electron chi connectivity index (χ0n) is 7.34. The van der Waals surface area contributed by atoms with Gasteiger partial charge in [-0.3, -0.25) is 0 Å². The Bertz CT molecular complexity index is 135. The zero-order valence-corrected chi connectivity index (χ0v) is 7.34. The Labute approximate surface area is 68.8 Å². The molecule has 3 atom stereocenters. The first kappa shape index (κ1) is 7.60. The third kappa shape index (κ3) is 0.936. The van der Waals surface area contributed by atoms with Crippen molar-refractivity contribution in [2.75, 3.05) is 0 Å². The molecule has 1 heteroatoms. The van der Waals surface area contributed by atoms with E-state index in [9.17, 15) is 5.11 Å². The number of aliphatic hydroxyl groups is 1. The lowest BCUT2D eigenvalue weighted by molar-refractivity contribution is 0.0283. The van der Waals surface area contributed by atoms with Crippen LogP contribution in [0.15, 0.2) is 0 Å². The highest BCUT2D eigenvalue weighted by Crippen LogP contribution is 2.53. The number of hydrogen-bond donors (Lipinski definition) is 1. The summed E-state index contributed by atoms with van der Waals surface area (Å²) in [6, 6.07) is 0. The molecule has 11 heavy (non-hydrogen) atoms. The van der Waals surface area contributed by atoms with Gasteiger partial charge in [-0.05, 0) is 30.6 Å². The lowest BCUT2D eigenvalue weighted by Gasteiger charge is -2.32. The van der Waals surface area contributed by atoms with Crippen LogP contribution in [0, 0.1) is 11.3 Å². The second-order valence-corrected chi connectivity index (χ2v) is 4.43. The van der Waals surface area contributed by atoms with Crippen molar-refractivity contribution in [1.29, 1.82) is 0 Å². The molecule has 0 saturated heterocycles. The summed E-state index contributed by atoms with van der Waals surface area (Å²) in [4.78, 5) is 0. The van der Waals surface area contributed by atoms with Gasteiger partial charge in [-0.1, -0.05) is 26.2 Å². The van der Waals surface area contributed by atoms with E-state index < -0.39 is 0 Å². The van der Waals surface area contributed by atoms with Crippen LogP contribution in [0.3, 0.4) is 0 Å². The summed E-state index contributed by atoms with van der Waals surface area (Å²) in [6.07, 6.45) is 7.61. The number of rotatable bonds is 0. The second kappa shape index (κ2) is 2.48. The van der Waals surface area contributed by atoms with Gasteiger partial charge in [-0.2, -0.15) is 0 Å². The SMILES string of the molecule is C[C@H]1CCC[C@]12CCCC2O. The van der Waals surface area contributed by atoms with Gasteiger partial charge in [-0.25, -0.2) is 0 Å². The highest BCUT2D eigenvalue weighted by Gasteiger charge is 2.48. The van der Waals surface area contributed by atoms with Gasteiger partial charge < -0.3 is 5.11 Å². The summed E-state index contributed by atoms with van der Waals surface area (Å²) in [5.41, 5.74) is 0.361. The molecule has 0 aromatic carbocycles. The highest BCUT2D eigenvalue weighted by molar-refractivity contribution is 4.98. The molecule has 2 rings (SSSR count). The van der Waals surface area contributed by atoms with Gasteiger partial charge in [0.15, 0.2) is 0 Å². The van der Waals surface area contributed by atoms with Gasteiger partial charge >= 0.3 is 0 Å². The Kier molecular flexibility index (Phi) is 1.71. The van der Waals surface area contributed by atoms with Crippen molar-refractivity contribution in [2.24, 2.45) is 11.3 Å². The fraction of sp³-hybridized carbons (Fsp3) is 1.00. The minimum atomic E-state index is 0.0278. The van der Waals surface area contributed by atoms with Crippen molar-refractivity contribution in [1.82, 2.24) is 0 Å². The molecule has 0 aromatic rings. The van der Waals surface area contributed by atoms with Crippen LogP contribution in [0.5, 0.6) is 0 Å². The maximum Gasteiger partial charge on any atom is 0.0599 e. The van der Waals surface area contributed by atoms with Gasteiger partial charge in [-0.15, -0.1) is 0 Å². The van der Waals surface area contributed by atoms with E-state index in [2.05, 4.69) is 6.92 Å². The summed E-state index contributed by atoms with van der Waals surface area (Å²) < 4.78 is 0. The van der Waals surface area contributed by atoms with Crippen molar-refractivity contribution in [3.8, 4) is 0 Å². The molecule has 1 N–H and O–H groups in total. The van der Waals surface area contributed by atoms with E-state index >= 15 is 0 Å². The second-order valence-electron chi connectivity index (χ2n) is 4.43. The quantitative estimate of drug-likeness (QED) is 0.568. The summed E-state index contributed by atoms with van der Waals surface area (Å²) in [7, 11) is 0. The fourth-order valence-corrected chi connectivity index (χ4v) is 3.22. The molecule has 2 saturated carbocycles. The first-order valence-electron chi connectivity index (χ1n) is 4.94. The van der Waals surface area contributed by atoms with Crippen LogP contribution in [0.1, 0.15) is 45.4 Å². The molecule has 0 bridgehead atoms. The minimum Gasteiger partial charge on any atom is -0.393 e. The summed E-state index contributed by atoms with van der Waals surface area (Å²) in [5, 5.41) is 9.85. The third-order valence-electron chi connectivity index (χ3n) is 4.04. The first-order chi connectivity index (χ1) is 5.26. The van der Waals surface area contributed by atoms with Crippen LogP contribution < -0.4 is 0 Å². The smallest absolute Gasteiger partial charge is 0.0599 e. The topological polar surface area (TPSA) is 20.2 Å². The molecule has 1 nitrogen and oxygen atoms in total. The van der Waals surface area contributed by atoms with Crippen molar-refractivity contribution >= 4 is 0 Å². The van der Waals surface area contributed by atoms with Crippen LogP contribution in [0.25, 0.3) is 0 Å². The standard InChI is InChI=1S/C10H18O/c1-8-4-2-6-10(8)7-3-5-9(10)11/h8-9,11H,2-7H2,1H3/t8-,9?,10-/m0/s1. The third-order valence-corrected chi connectivity index (χ3v) is 4.04. The number of aliphatic hydroxyl groups excluding tert-OH is 1. The molecule has 64 valence electrons. The molecular formula is C10H18O. The average Bonchev–Trinajstić information content (AvgIpc) is 2.48. The molecule has 2 aliphatic rings. The van der Waals surface area contributed by atoms with Crippen LogP contribution in [0.2, 0.25) is 0 Å². The van der Waals surface area contributed by atoms with Crippen LogP contribution >= 0.6 is 0 Å². The monoisotopic (exact) mass is 154 g/mol. The van der Waals surface area contributed by atoms with Gasteiger partial charge in [0.25, 0.3) is 0 Å². The maximum atomic E-state index is 9.85. The van der Waals surface area contributed by atoms with E-state index in [-0.39, 0.29) is 6.10 Å². The molecule has 1 spiro atoms. The predicted molar refractivity (Wildman–Crippen MR) is 45.3 cm³/mol.